The lowest BCUT2D eigenvalue weighted by Crippen LogP contribution is -2.26. The molecule has 0 saturated heterocycles. The Hall–Kier alpha value is -0.970. The number of rotatable bonds is 4. The van der Waals surface area contributed by atoms with E-state index in [9.17, 15) is 0 Å². The molecule has 1 aromatic heterocycles. The third-order valence-corrected chi connectivity index (χ3v) is 3.06. The van der Waals surface area contributed by atoms with Crippen LogP contribution in [0.5, 0.6) is 0 Å². The van der Waals surface area contributed by atoms with E-state index >= 15 is 0 Å². The van der Waals surface area contributed by atoms with Crippen LogP contribution in [-0.4, -0.2) is 26.7 Å². The fourth-order valence-corrected chi connectivity index (χ4v) is 2.12. The van der Waals surface area contributed by atoms with Crippen LogP contribution in [0.3, 0.4) is 0 Å². The van der Waals surface area contributed by atoms with Crippen LogP contribution in [0.25, 0.3) is 0 Å². The van der Waals surface area contributed by atoms with Gasteiger partial charge in [0, 0.05) is 6.04 Å². The summed E-state index contributed by atoms with van der Waals surface area (Å²) in [5, 5.41) is 17.3. The van der Waals surface area contributed by atoms with Gasteiger partial charge in [-0.15, -0.1) is 10.2 Å². The molecule has 2 unspecified atom stereocenters. The van der Waals surface area contributed by atoms with Crippen molar-refractivity contribution in [3.8, 4) is 0 Å². The molecule has 78 valence electrons. The summed E-state index contributed by atoms with van der Waals surface area (Å²) in [6.45, 7) is 3.00. The van der Waals surface area contributed by atoms with Crippen LogP contribution < -0.4 is 5.32 Å². The van der Waals surface area contributed by atoms with E-state index in [1.807, 2.05) is 0 Å². The van der Waals surface area contributed by atoms with Gasteiger partial charge in [-0.3, -0.25) is 0 Å². The van der Waals surface area contributed by atoms with E-state index in [4.69, 9.17) is 0 Å². The molecule has 1 aliphatic rings. The summed E-state index contributed by atoms with van der Waals surface area (Å²) >= 11 is 0. The Labute approximate surface area is 83.7 Å². The fourth-order valence-electron chi connectivity index (χ4n) is 2.12. The van der Waals surface area contributed by atoms with Crippen LogP contribution in [0.4, 0.5) is 0 Å². The Morgan fingerprint density at radius 3 is 3.07 bits per heavy atom. The second-order valence-electron chi connectivity index (χ2n) is 3.99. The number of hydrogen-bond donors (Lipinski definition) is 2. The summed E-state index contributed by atoms with van der Waals surface area (Å²) < 4.78 is 0. The normalized spacial score (nSPS) is 26.9. The molecule has 14 heavy (non-hydrogen) atoms. The zero-order valence-corrected chi connectivity index (χ0v) is 8.53. The smallest absolute Gasteiger partial charge is 0.188 e. The molecule has 2 N–H and O–H groups in total. The van der Waals surface area contributed by atoms with Gasteiger partial charge in [0.15, 0.2) is 5.82 Å². The highest BCUT2D eigenvalue weighted by atomic mass is 15.5. The topological polar surface area (TPSA) is 66.5 Å². The van der Waals surface area contributed by atoms with Gasteiger partial charge in [0.1, 0.15) is 0 Å². The Bertz CT molecular complexity index is 258. The number of nitrogens with zero attached hydrogens (tertiary/aromatic N) is 3. The maximum Gasteiger partial charge on any atom is 0.188 e. The highest BCUT2D eigenvalue weighted by molar-refractivity contribution is 4.83. The van der Waals surface area contributed by atoms with Gasteiger partial charge >= 0.3 is 0 Å². The zero-order valence-electron chi connectivity index (χ0n) is 8.53. The maximum atomic E-state index is 3.91. The van der Waals surface area contributed by atoms with Gasteiger partial charge < -0.3 is 5.32 Å². The second kappa shape index (κ2) is 4.50. The number of aromatic amines is 1. The third kappa shape index (κ3) is 2.29. The molecule has 0 spiro atoms. The van der Waals surface area contributed by atoms with Crippen molar-refractivity contribution < 1.29 is 0 Å². The van der Waals surface area contributed by atoms with Gasteiger partial charge in [-0.1, -0.05) is 18.6 Å². The van der Waals surface area contributed by atoms with Crippen LogP contribution in [0.1, 0.15) is 38.4 Å². The van der Waals surface area contributed by atoms with E-state index in [1.165, 1.54) is 25.7 Å². The molecular weight excluding hydrogens is 178 g/mol. The van der Waals surface area contributed by atoms with Crippen molar-refractivity contribution in [1.82, 2.24) is 25.9 Å². The van der Waals surface area contributed by atoms with Crippen molar-refractivity contribution in [1.29, 1.82) is 0 Å². The van der Waals surface area contributed by atoms with E-state index in [0.29, 0.717) is 6.04 Å². The lowest BCUT2D eigenvalue weighted by atomic mass is 10.1. The second-order valence-corrected chi connectivity index (χ2v) is 3.99. The van der Waals surface area contributed by atoms with Crippen LogP contribution in [0, 0.1) is 5.92 Å². The minimum absolute atomic E-state index is 0.651. The van der Waals surface area contributed by atoms with Gasteiger partial charge in [0.25, 0.3) is 0 Å². The quantitative estimate of drug-likeness (QED) is 0.748. The van der Waals surface area contributed by atoms with Crippen molar-refractivity contribution in [3.63, 3.8) is 0 Å². The van der Waals surface area contributed by atoms with Crippen molar-refractivity contribution in [2.24, 2.45) is 5.92 Å². The molecule has 0 bridgehead atoms. The van der Waals surface area contributed by atoms with Crippen LogP contribution >= 0.6 is 0 Å². The van der Waals surface area contributed by atoms with Crippen LogP contribution in [0.2, 0.25) is 0 Å². The lowest BCUT2D eigenvalue weighted by Gasteiger charge is -2.10. The standard InChI is InChI=1S/C9H17N5/c1-2-7-3-4-8(5-7)10-6-9-11-13-14-12-9/h7-8,10H,2-6H2,1H3,(H,11,12,13,14). The van der Waals surface area contributed by atoms with Gasteiger partial charge in [0.2, 0.25) is 0 Å². The SMILES string of the molecule is CCC1CCC(NCc2nn[nH]n2)C1. The van der Waals surface area contributed by atoms with Crippen molar-refractivity contribution in [2.45, 2.75) is 45.2 Å². The van der Waals surface area contributed by atoms with Crippen molar-refractivity contribution in [2.75, 3.05) is 0 Å². The molecule has 1 aliphatic carbocycles. The van der Waals surface area contributed by atoms with E-state index in [2.05, 4.69) is 32.9 Å². The van der Waals surface area contributed by atoms with Gasteiger partial charge in [-0.25, -0.2) is 0 Å². The number of hydrogen-bond acceptors (Lipinski definition) is 4. The molecular formula is C9H17N5. The molecule has 5 heteroatoms. The first-order chi connectivity index (χ1) is 6.88. The summed E-state index contributed by atoms with van der Waals surface area (Å²) in [4.78, 5) is 0. The molecule has 1 fully saturated rings. The molecule has 1 heterocycles. The minimum atomic E-state index is 0.651. The fraction of sp³-hybridized carbons (Fsp3) is 0.889. The number of aromatic nitrogens is 4. The monoisotopic (exact) mass is 195 g/mol. The Kier molecular flexibility index (Phi) is 3.08. The number of tetrazole rings is 1. The van der Waals surface area contributed by atoms with Crippen LogP contribution in [0.15, 0.2) is 0 Å². The van der Waals surface area contributed by atoms with Gasteiger partial charge in [0.05, 0.1) is 6.54 Å². The van der Waals surface area contributed by atoms with Crippen molar-refractivity contribution >= 4 is 0 Å². The summed E-state index contributed by atoms with van der Waals surface area (Å²) in [6.07, 6.45) is 5.26. The van der Waals surface area contributed by atoms with Gasteiger partial charge in [-0.05, 0) is 25.2 Å². The molecule has 2 atom stereocenters. The largest absolute Gasteiger partial charge is 0.307 e. The molecule has 0 aliphatic heterocycles. The predicted molar refractivity (Wildman–Crippen MR) is 52.4 cm³/mol. The minimum Gasteiger partial charge on any atom is -0.307 e. The molecule has 1 saturated carbocycles. The first-order valence-electron chi connectivity index (χ1n) is 5.34. The number of H-pyrrole nitrogens is 1. The molecule has 2 rings (SSSR count). The van der Waals surface area contributed by atoms with E-state index < -0.39 is 0 Å². The summed E-state index contributed by atoms with van der Waals surface area (Å²) in [6, 6.07) is 0.651. The van der Waals surface area contributed by atoms with E-state index in [-0.39, 0.29) is 0 Å². The molecule has 0 aromatic carbocycles. The summed E-state index contributed by atoms with van der Waals surface area (Å²) in [7, 11) is 0. The first-order valence-corrected chi connectivity index (χ1v) is 5.34. The number of nitrogens with one attached hydrogen (secondary N) is 2. The predicted octanol–water partition coefficient (Wildman–Crippen LogP) is 0.868. The molecule has 5 nitrogen and oxygen atoms in total. The van der Waals surface area contributed by atoms with Crippen molar-refractivity contribution in [3.05, 3.63) is 5.82 Å². The molecule has 0 amide bonds. The average Bonchev–Trinajstić information content (AvgIpc) is 2.86. The van der Waals surface area contributed by atoms with E-state index in [0.717, 1.165) is 18.3 Å². The first kappa shape index (κ1) is 9.58. The maximum absolute atomic E-state index is 3.91. The van der Waals surface area contributed by atoms with E-state index in [1.54, 1.807) is 0 Å². The lowest BCUT2D eigenvalue weighted by molar-refractivity contribution is 0.472. The zero-order chi connectivity index (χ0) is 9.80. The highest BCUT2D eigenvalue weighted by Gasteiger charge is 2.22. The molecule has 1 aromatic rings. The third-order valence-electron chi connectivity index (χ3n) is 3.06. The molecule has 0 radical (unpaired) electrons. The summed E-state index contributed by atoms with van der Waals surface area (Å²) in [5.74, 6) is 1.67. The summed E-state index contributed by atoms with van der Waals surface area (Å²) in [5.41, 5.74) is 0. The Morgan fingerprint density at radius 2 is 2.43 bits per heavy atom. The Balaban J connectivity index is 1.72. The Morgan fingerprint density at radius 1 is 1.50 bits per heavy atom. The highest BCUT2D eigenvalue weighted by Crippen LogP contribution is 2.27. The average molecular weight is 195 g/mol. The van der Waals surface area contributed by atoms with Crippen LogP contribution in [-0.2, 0) is 6.54 Å². The van der Waals surface area contributed by atoms with Gasteiger partial charge in [-0.2, -0.15) is 5.21 Å².